The second-order valence-corrected chi connectivity index (χ2v) is 7.01. The zero-order valence-corrected chi connectivity index (χ0v) is 14.9. The zero-order chi connectivity index (χ0) is 17.2. The van der Waals surface area contributed by atoms with Gasteiger partial charge in [0.05, 0.1) is 5.75 Å². The van der Waals surface area contributed by atoms with Crippen LogP contribution in [0.1, 0.15) is 19.8 Å². The predicted octanol–water partition coefficient (Wildman–Crippen LogP) is 3.19. The molecule has 1 heterocycles. The summed E-state index contributed by atoms with van der Waals surface area (Å²) in [6.07, 6.45) is 2.18. The number of urea groups is 1. The minimum atomic E-state index is -0.550. The molecule has 1 aromatic carbocycles. The van der Waals surface area contributed by atoms with Gasteiger partial charge < -0.3 is 10.6 Å². The summed E-state index contributed by atoms with van der Waals surface area (Å²) in [5.74, 6) is -0.282. The SMILES string of the molecule is CCCCNc1nnc(SCC(=O)NC(=O)Nc2ccccc2)s1. The molecule has 3 N–H and O–H groups in total. The minimum absolute atomic E-state index is 0.103. The lowest BCUT2D eigenvalue weighted by molar-refractivity contribution is -0.117. The molecular formula is C15H19N5O2S2. The number of rotatable bonds is 8. The fourth-order valence-electron chi connectivity index (χ4n) is 1.69. The van der Waals surface area contributed by atoms with Crippen molar-refractivity contribution in [2.24, 2.45) is 0 Å². The second-order valence-electron chi connectivity index (χ2n) is 4.81. The van der Waals surface area contributed by atoms with Crippen molar-refractivity contribution < 1.29 is 9.59 Å². The average Bonchev–Trinajstić information content (AvgIpc) is 3.02. The fourth-order valence-corrected chi connectivity index (χ4v) is 3.26. The minimum Gasteiger partial charge on any atom is -0.360 e. The Labute approximate surface area is 148 Å². The number of unbranched alkanes of at least 4 members (excludes halogenated alkanes) is 1. The van der Waals surface area contributed by atoms with Gasteiger partial charge in [-0.2, -0.15) is 0 Å². The smallest absolute Gasteiger partial charge is 0.325 e. The lowest BCUT2D eigenvalue weighted by Crippen LogP contribution is -2.35. The van der Waals surface area contributed by atoms with Crippen molar-refractivity contribution in [2.45, 2.75) is 24.1 Å². The van der Waals surface area contributed by atoms with Gasteiger partial charge in [0.2, 0.25) is 11.0 Å². The van der Waals surface area contributed by atoms with E-state index < -0.39 is 6.03 Å². The van der Waals surface area contributed by atoms with E-state index in [-0.39, 0.29) is 11.7 Å². The Balaban J connectivity index is 1.70. The summed E-state index contributed by atoms with van der Waals surface area (Å²) >= 11 is 2.65. The van der Waals surface area contributed by atoms with E-state index >= 15 is 0 Å². The molecule has 0 spiro atoms. The number of carbonyl (C=O) groups excluding carboxylic acids is 2. The molecule has 0 aliphatic heterocycles. The molecule has 24 heavy (non-hydrogen) atoms. The third-order valence-corrected chi connectivity index (χ3v) is 4.84. The monoisotopic (exact) mass is 365 g/mol. The van der Waals surface area contributed by atoms with Gasteiger partial charge in [0.1, 0.15) is 0 Å². The summed E-state index contributed by atoms with van der Waals surface area (Å²) < 4.78 is 0.688. The van der Waals surface area contributed by atoms with E-state index in [9.17, 15) is 9.59 Å². The Hall–Kier alpha value is -2.13. The van der Waals surface area contributed by atoms with Crippen LogP contribution in [0.3, 0.4) is 0 Å². The molecule has 0 fully saturated rings. The van der Waals surface area contributed by atoms with Crippen LogP contribution < -0.4 is 16.0 Å². The van der Waals surface area contributed by atoms with Crippen LogP contribution in [-0.4, -0.2) is 34.4 Å². The zero-order valence-electron chi connectivity index (χ0n) is 13.2. The molecule has 1 aromatic heterocycles. The van der Waals surface area contributed by atoms with Crippen LogP contribution >= 0.6 is 23.1 Å². The van der Waals surface area contributed by atoms with E-state index in [0.29, 0.717) is 10.0 Å². The number of nitrogens with one attached hydrogen (secondary N) is 3. The Kier molecular flexibility index (Phi) is 7.50. The van der Waals surface area contributed by atoms with Gasteiger partial charge in [-0.05, 0) is 18.6 Å². The number of thioether (sulfide) groups is 1. The Morgan fingerprint density at radius 1 is 1.21 bits per heavy atom. The van der Waals surface area contributed by atoms with Gasteiger partial charge in [-0.1, -0.05) is 54.6 Å². The van der Waals surface area contributed by atoms with Crippen molar-refractivity contribution >= 4 is 45.9 Å². The first-order valence-corrected chi connectivity index (χ1v) is 9.33. The number of anilines is 2. The number of carbonyl (C=O) groups is 2. The average molecular weight is 365 g/mol. The van der Waals surface area contributed by atoms with Gasteiger partial charge in [0, 0.05) is 12.2 Å². The maximum absolute atomic E-state index is 11.8. The highest BCUT2D eigenvalue weighted by Gasteiger charge is 2.11. The van der Waals surface area contributed by atoms with Gasteiger partial charge in [-0.25, -0.2) is 4.79 Å². The molecule has 7 nitrogen and oxygen atoms in total. The van der Waals surface area contributed by atoms with Gasteiger partial charge in [0.25, 0.3) is 0 Å². The molecule has 3 amide bonds. The molecule has 0 aliphatic carbocycles. The quantitative estimate of drug-likeness (QED) is 0.491. The highest BCUT2D eigenvalue weighted by molar-refractivity contribution is 8.01. The van der Waals surface area contributed by atoms with Crippen molar-refractivity contribution in [1.29, 1.82) is 0 Å². The van der Waals surface area contributed by atoms with E-state index in [1.165, 1.54) is 23.1 Å². The molecule has 0 unspecified atom stereocenters. The van der Waals surface area contributed by atoms with E-state index in [4.69, 9.17) is 0 Å². The summed E-state index contributed by atoms with van der Waals surface area (Å²) in [7, 11) is 0. The Morgan fingerprint density at radius 3 is 2.75 bits per heavy atom. The highest BCUT2D eigenvalue weighted by atomic mass is 32.2. The number of nitrogens with zero attached hydrogens (tertiary/aromatic N) is 2. The van der Waals surface area contributed by atoms with Gasteiger partial charge in [-0.3, -0.25) is 10.1 Å². The van der Waals surface area contributed by atoms with Crippen LogP contribution in [0.2, 0.25) is 0 Å². The molecule has 0 aliphatic rings. The van der Waals surface area contributed by atoms with Crippen LogP contribution in [-0.2, 0) is 4.79 Å². The van der Waals surface area contributed by atoms with E-state index in [1.807, 2.05) is 6.07 Å². The number of hydrogen-bond donors (Lipinski definition) is 3. The Bertz CT molecular complexity index is 663. The summed E-state index contributed by atoms with van der Waals surface area (Å²) in [5.41, 5.74) is 0.627. The number of hydrogen-bond acceptors (Lipinski definition) is 7. The molecular weight excluding hydrogens is 346 g/mol. The van der Waals surface area contributed by atoms with Crippen molar-refractivity contribution in [3.05, 3.63) is 30.3 Å². The van der Waals surface area contributed by atoms with Crippen molar-refractivity contribution in [2.75, 3.05) is 22.9 Å². The number of amides is 3. The predicted molar refractivity (Wildman–Crippen MR) is 97.6 cm³/mol. The fraction of sp³-hybridized carbons (Fsp3) is 0.333. The molecule has 0 bridgehead atoms. The van der Waals surface area contributed by atoms with Crippen molar-refractivity contribution in [3.63, 3.8) is 0 Å². The molecule has 2 aromatic rings. The maximum atomic E-state index is 11.8. The van der Waals surface area contributed by atoms with E-state index in [1.54, 1.807) is 24.3 Å². The lowest BCUT2D eigenvalue weighted by atomic mass is 10.3. The molecule has 128 valence electrons. The van der Waals surface area contributed by atoms with Crippen LogP contribution in [0.15, 0.2) is 34.7 Å². The van der Waals surface area contributed by atoms with Crippen LogP contribution in [0.25, 0.3) is 0 Å². The topological polar surface area (TPSA) is 96.0 Å². The third kappa shape index (κ3) is 6.55. The number of imide groups is 1. The van der Waals surface area contributed by atoms with Gasteiger partial charge >= 0.3 is 6.03 Å². The summed E-state index contributed by atoms with van der Waals surface area (Å²) in [6, 6.07) is 8.38. The molecule has 0 saturated carbocycles. The molecule has 0 radical (unpaired) electrons. The van der Waals surface area contributed by atoms with Gasteiger partial charge in [-0.15, -0.1) is 10.2 Å². The molecule has 0 atom stereocenters. The van der Waals surface area contributed by atoms with Crippen LogP contribution in [0, 0.1) is 0 Å². The first-order valence-electron chi connectivity index (χ1n) is 7.53. The number of para-hydroxylation sites is 1. The van der Waals surface area contributed by atoms with Crippen molar-refractivity contribution in [1.82, 2.24) is 15.5 Å². The lowest BCUT2D eigenvalue weighted by Gasteiger charge is -2.05. The number of aromatic nitrogens is 2. The summed E-state index contributed by atoms with van der Waals surface area (Å²) in [6.45, 7) is 2.98. The first kappa shape index (κ1) is 18.2. The molecule has 9 heteroatoms. The maximum Gasteiger partial charge on any atom is 0.325 e. The second kappa shape index (κ2) is 9.89. The molecule has 2 rings (SSSR count). The Morgan fingerprint density at radius 2 is 2.00 bits per heavy atom. The third-order valence-electron chi connectivity index (χ3n) is 2.82. The number of benzene rings is 1. The van der Waals surface area contributed by atoms with E-state index in [2.05, 4.69) is 33.1 Å². The first-order chi connectivity index (χ1) is 11.7. The van der Waals surface area contributed by atoms with Crippen LogP contribution in [0.5, 0.6) is 0 Å². The van der Waals surface area contributed by atoms with Crippen molar-refractivity contribution in [3.8, 4) is 0 Å². The van der Waals surface area contributed by atoms with Crippen LogP contribution in [0.4, 0.5) is 15.6 Å². The normalized spacial score (nSPS) is 10.2. The standard InChI is InChI=1S/C15H19N5O2S2/c1-2-3-9-16-14-19-20-15(24-14)23-10-12(21)18-13(22)17-11-7-5-4-6-8-11/h4-8H,2-3,9-10H2,1H3,(H,16,19)(H2,17,18,21,22). The largest absolute Gasteiger partial charge is 0.360 e. The summed E-state index contributed by atoms with van der Waals surface area (Å²) in [4.78, 5) is 23.5. The highest BCUT2D eigenvalue weighted by Crippen LogP contribution is 2.25. The van der Waals surface area contributed by atoms with Gasteiger partial charge in [0.15, 0.2) is 4.34 Å². The summed E-state index contributed by atoms with van der Waals surface area (Å²) in [5, 5.41) is 16.8. The van der Waals surface area contributed by atoms with E-state index in [0.717, 1.165) is 24.5 Å². The molecule has 0 saturated heterocycles.